The molecular formula is C23H23N5O2. The van der Waals surface area contributed by atoms with Crippen LogP contribution in [0.1, 0.15) is 22.3 Å². The van der Waals surface area contributed by atoms with E-state index in [1.54, 1.807) is 24.4 Å². The zero-order valence-corrected chi connectivity index (χ0v) is 16.8. The molecule has 1 aliphatic rings. The van der Waals surface area contributed by atoms with Crippen LogP contribution in [0, 0.1) is 6.92 Å². The van der Waals surface area contributed by atoms with Crippen molar-refractivity contribution >= 4 is 34.4 Å². The Morgan fingerprint density at radius 3 is 2.87 bits per heavy atom. The molecule has 0 unspecified atom stereocenters. The summed E-state index contributed by atoms with van der Waals surface area (Å²) >= 11 is 0. The third kappa shape index (κ3) is 4.15. The maximum atomic E-state index is 13.0. The van der Waals surface area contributed by atoms with Crippen molar-refractivity contribution in [3.05, 3.63) is 72.4 Å². The number of aryl methyl sites for hydroxylation is 1. The Morgan fingerprint density at radius 2 is 2.07 bits per heavy atom. The van der Waals surface area contributed by atoms with E-state index in [0.29, 0.717) is 30.3 Å². The van der Waals surface area contributed by atoms with Gasteiger partial charge in [0.25, 0.3) is 5.91 Å². The van der Waals surface area contributed by atoms with E-state index in [1.807, 2.05) is 36.1 Å². The molecule has 2 amide bonds. The molecule has 30 heavy (non-hydrogen) atoms. The lowest BCUT2D eigenvalue weighted by atomic mass is 10.1. The van der Waals surface area contributed by atoms with Crippen LogP contribution in [-0.2, 0) is 4.79 Å². The SMILES string of the molecule is C=CC(=O)Nc1ccc(C(=O)N2CC[C@@H](Nc3ncc4ccccc4n3)C2)c(C)c1. The molecule has 1 saturated heterocycles. The summed E-state index contributed by atoms with van der Waals surface area (Å²) in [5.41, 5.74) is 2.98. The second-order valence-electron chi connectivity index (χ2n) is 7.36. The highest BCUT2D eigenvalue weighted by Gasteiger charge is 2.28. The molecule has 152 valence electrons. The average Bonchev–Trinajstić information content (AvgIpc) is 3.21. The van der Waals surface area contributed by atoms with Crippen LogP contribution in [0.2, 0.25) is 0 Å². The number of hydrogen-bond acceptors (Lipinski definition) is 5. The molecule has 1 aliphatic heterocycles. The van der Waals surface area contributed by atoms with E-state index < -0.39 is 0 Å². The molecule has 2 heterocycles. The average molecular weight is 401 g/mol. The predicted molar refractivity (Wildman–Crippen MR) is 117 cm³/mol. The Kier molecular flexibility index (Phi) is 5.43. The van der Waals surface area contributed by atoms with Gasteiger partial charge in [0, 0.05) is 42.0 Å². The summed E-state index contributed by atoms with van der Waals surface area (Å²) in [5.74, 6) is 0.280. The number of fused-ring (bicyclic) bond motifs is 1. The van der Waals surface area contributed by atoms with E-state index >= 15 is 0 Å². The lowest BCUT2D eigenvalue weighted by molar-refractivity contribution is -0.111. The molecule has 2 N–H and O–H groups in total. The summed E-state index contributed by atoms with van der Waals surface area (Å²) in [7, 11) is 0. The van der Waals surface area contributed by atoms with Crippen molar-refractivity contribution in [1.29, 1.82) is 0 Å². The number of amides is 2. The first-order valence-electron chi connectivity index (χ1n) is 9.85. The molecule has 1 atom stereocenters. The fraction of sp³-hybridized carbons (Fsp3) is 0.217. The number of nitrogens with one attached hydrogen (secondary N) is 2. The first kappa shape index (κ1) is 19.6. The molecule has 7 nitrogen and oxygen atoms in total. The Bertz CT molecular complexity index is 1130. The van der Waals surface area contributed by atoms with Crippen LogP contribution in [-0.4, -0.2) is 45.8 Å². The molecule has 0 radical (unpaired) electrons. The highest BCUT2D eigenvalue weighted by Crippen LogP contribution is 2.21. The van der Waals surface area contributed by atoms with Gasteiger partial charge in [0.15, 0.2) is 0 Å². The number of benzene rings is 2. The highest BCUT2D eigenvalue weighted by atomic mass is 16.2. The highest BCUT2D eigenvalue weighted by molar-refractivity contribution is 6.00. The van der Waals surface area contributed by atoms with Gasteiger partial charge in [0.05, 0.1) is 5.52 Å². The summed E-state index contributed by atoms with van der Waals surface area (Å²) in [6.07, 6.45) is 3.85. The lowest BCUT2D eigenvalue weighted by Gasteiger charge is -2.19. The summed E-state index contributed by atoms with van der Waals surface area (Å²) in [5, 5.41) is 7.05. The van der Waals surface area contributed by atoms with Crippen LogP contribution < -0.4 is 10.6 Å². The second-order valence-corrected chi connectivity index (χ2v) is 7.36. The van der Waals surface area contributed by atoms with Crippen molar-refractivity contribution in [2.75, 3.05) is 23.7 Å². The number of hydrogen-bond donors (Lipinski definition) is 2. The van der Waals surface area contributed by atoms with Crippen LogP contribution in [0.4, 0.5) is 11.6 Å². The molecule has 4 rings (SSSR count). The van der Waals surface area contributed by atoms with Crippen LogP contribution in [0.15, 0.2) is 61.3 Å². The molecule has 2 aromatic carbocycles. The van der Waals surface area contributed by atoms with Crippen LogP contribution in [0.5, 0.6) is 0 Å². The number of likely N-dealkylation sites (tertiary alicyclic amines) is 1. The standard InChI is InChI=1S/C23H23N5O2/c1-3-21(29)25-17-8-9-19(15(2)12-17)22(30)28-11-10-18(14-28)26-23-24-13-16-6-4-5-7-20(16)27-23/h3-9,12-13,18H,1,10-11,14H2,2H3,(H,25,29)(H,24,26,27)/t18-/m1/s1. The zero-order chi connectivity index (χ0) is 21.1. The van der Waals surface area contributed by atoms with Crippen molar-refractivity contribution < 1.29 is 9.59 Å². The molecule has 0 saturated carbocycles. The smallest absolute Gasteiger partial charge is 0.254 e. The van der Waals surface area contributed by atoms with Crippen molar-refractivity contribution in [2.24, 2.45) is 0 Å². The third-order valence-corrected chi connectivity index (χ3v) is 5.21. The van der Waals surface area contributed by atoms with E-state index in [9.17, 15) is 9.59 Å². The van der Waals surface area contributed by atoms with Gasteiger partial charge in [-0.2, -0.15) is 0 Å². The van der Waals surface area contributed by atoms with Gasteiger partial charge >= 0.3 is 0 Å². The number of aromatic nitrogens is 2. The number of para-hydroxylation sites is 1. The van der Waals surface area contributed by atoms with Crippen LogP contribution in [0.25, 0.3) is 10.9 Å². The Morgan fingerprint density at radius 1 is 1.23 bits per heavy atom. The second kappa shape index (κ2) is 8.32. The van der Waals surface area contributed by atoms with Crippen molar-refractivity contribution in [2.45, 2.75) is 19.4 Å². The molecule has 0 spiro atoms. The third-order valence-electron chi connectivity index (χ3n) is 5.21. The number of rotatable bonds is 5. The summed E-state index contributed by atoms with van der Waals surface area (Å²) in [4.78, 5) is 35.2. The van der Waals surface area contributed by atoms with Crippen molar-refractivity contribution in [3.63, 3.8) is 0 Å². The van der Waals surface area contributed by atoms with Crippen LogP contribution in [0.3, 0.4) is 0 Å². The van der Waals surface area contributed by atoms with Crippen molar-refractivity contribution in [3.8, 4) is 0 Å². The van der Waals surface area contributed by atoms with Gasteiger partial charge in [0.1, 0.15) is 0 Å². The zero-order valence-electron chi connectivity index (χ0n) is 16.8. The lowest BCUT2D eigenvalue weighted by Crippen LogP contribution is -2.32. The monoisotopic (exact) mass is 401 g/mol. The van der Waals surface area contributed by atoms with Crippen molar-refractivity contribution in [1.82, 2.24) is 14.9 Å². The Balaban J connectivity index is 1.41. The number of nitrogens with zero attached hydrogens (tertiary/aromatic N) is 3. The molecule has 1 fully saturated rings. The maximum Gasteiger partial charge on any atom is 0.254 e. The predicted octanol–water partition coefficient (Wildman–Crippen LogP) is 3.39. The number of anilines is 2. The first-order chi connectivity index (χ1) is 14.5. The van der Waals surface area contributed by atoms with E-state index in [1.165, 1.54) is 6.08 Å². The van der Waals surface area contributed by atoms with E-state index in [2.05, 4.69) is 27.2 Å². The van der Waals surface area contributed by atoms with E-state index in [-0.39, 0.29) is 17.9 Å². The minimum absolute atomic E-state index is 0.0159. The van der Waals surface area contributed by atoms with Gasteiger partial charge < -0.3 is 15.5 Å². The molecule has 3 aromatic rings. The van der Waals surface area contributed by atoms with E-state index in [4.69, 9.17) is 0 Å². The van der Waals surface area contributed by atoms with Gasteiger partial charge in [-0.05, 0) is 49.2 Å². The Labute approximate surface area is 174 Å². The van der Waals surface area contributed by atoms with Gasteiger partial charge in [-0.25, -0.2) is 9.97 Å². The van der Waals surface area contributed by atoms with Gasteiger partial charge in [-0.3, -0.25) is 9.59 Å². The molecule has 1 aromatic heterocycles. The minimum Gasteiger partial charge on any atom is -0.350 e. The first-order valence-corrected chi connectivity index (χ1v) is 9.85. The largest absolute Gasteiger partial charge is 0.350 e. The van der Waals surface area contributed by atoms with Gasteiger partial charge in [-0.1, -0.05) is 24.8 Å². The molecular weight excluding hydrogens is 378 g/mol. The Hall–Kier alpha value is -3.74. The topological polar surface area (TPSA) is 87.2 Å². The molecule has 7 heteroatoms. The number of carbonyl (C=O) groups is 2. The van der Waals surface area contributed by atoms with Gasteiger partial charge in [0.2, 0.25) is 11.9 Å². The fourth-order valence-corrected chi connectivity index (χ4v) is 3.63. The van der Waals surface area contributed by atoms with E-state index in [0.717, 1.165) is 22.9 Å². The molecule has 0 bridgehead atoms. The minimum atomic E-state index is -0.280. The fourth-order valence-electron chi connectivity index (χ4n) is 3.63. The maximum absolute atomic E-state index is 13.0. The summed E-state index contributed by atoms with van der Waals surface area (Å²) in [6.45, 7) is 6.56. The quantitative estimate of drug-likeness (QED) is 0.640. The number of carbonyl (C=O) groups excluding carboxylic acids is 2. The normalized spacial score (nSPS) is 15.8. The van der Waals surface area contributed by atoms with Gasteiger partial charge in [-0.15, -0.1) is 0 Å². The molecule has 0 aliphatic carbocycles. The summed E-state index contributed by atoms with van der Waals surface area (Å²) in [6, 6.07) is 13.2. The summed E-state index contributed by atoms with van der Waals surface area (Å²) < 4.78 is 0. The van der Waals surface area contributed by atoms with Crippen LogP contribution >= 0.6 is 0 Å².